The van der Waals surface area contributed by atoms with Crippen LogP contribution in [0.25, 0.3) is 0 Å². The number of hydrogen-bond donors (Lipinski definition) is 3. The first-order valence-electron chi connectivity index (χ1n) is 4.89. The predicted octanol–water partition coefficient (Wildman–Crippen LogP) is 1.92. The molecule has 0 aromatic carbocycles. The Labute approximate surface area is 93.8 Å². The first kappa shape index (κ1) is 12.0. The van der Waals surface area contributed by atoms with Gasteiger partial charge in [0, 0.05) is 23.4 Å². The molecular weight excluding hydrogens is 210 g/mol. The van der Waals surface area contributed by atoms with E-state index in [4.69, 9.17) is 10.9 Å². The summed E-state index contributed by atoms with van der Waals surface area (Å²) in [6.07, 6.45) is 0.548. The third-order valence-corrected chi connectivity index (χ3v) is 3.20. The third-order valence-electron chi connectivity index (χ3n) is 2.15. The fraction of sp³-hybridized carbons (Fsp3) is 0.500. The fourth-order valence-corrected chi connectivity index (χ4v) is 2.20. The van der Waals surface area contributed by atoms with E-state index < -0.39 is 0 Å². The van der Waals surface area contributed by atoms with E-state index in [9.17, 15) is 0 Å². The number of amidine groups is 1. The van der Waals surface area contributed by atoms with Gasteiger partial charge < -0.3 is 16.3 Å². The van der Waals surface area contributed by atoms with Crippen LogP contribution in [0.5, 0.6) is 0 Å². The molecule has 0 aliphatic rings. The minimum absolute atomic E-state index is 0.193. The molecule has 5 heteroatoms. The molecule has 84 valence electrons. The summed E-state index contributed by atoms with van der Waals surface area (Å²) in [4.78, 5) is 1.29. The van der Waals surface area contributed by atoms with Crippen molar-refractivity contribution in [3.8, 4) is 0 Å². The van der Waals surface area contributed by atoms with Gasteiger partial charge in [-0.2, -0.15) is 0 Å². The summed E-state index contributed by atoms with van der Waals surface area (Å²) < 4.78 is 0. The maximum atomic E-state index is 8.44. The highest BCUT2D eigenvalue weighted by Crippen LogP contribution is 2.18. The van der Waals surface area contributed by atoms with Crippen molar-refractivity contribution >= 4 is 17.2 Å². The number of thiophene rings is 1. The van der Waals surface area contributed by atoms with Crippen LogP contribution in [-0.4, -0.2) is 17.1 Å². The maximum absolute atomic E-state index is 8.44. The monoisotopic (exact) mass is 227 g/mol. The second kappa shape index (κ2) is 5.72. The standard InChI is InChI=1S/C10H17N3OS/c1-7(6-10(11)13-14)12-8(2)9-4-3-5-15-9/h3-5,7-8,12,14H,6H2,1-2H3,(H2,11,13). The number of hydrogen-bond acceptors (Lipinski definition) is 4. The molecule has 0 bridgehead atoms. The molecule has 0 amide bonds. The highest BCUT2D eigenvalue weighted by Gasteiger charge is 2.11. The summed E-state index contributed by atoms with van der Waals surface area (Å²) in [6.45, 7) is 4.12. The highest BCUT2D eigenvalue weighted by atomic mass is 32.1. The van der Waals surface area contributed by atoms with E-state index in [-0.39, 0.29) is 11.9 Å². The van der Waals surface area contributed by atoms with Crippen LogP contribution in [0, 0.1) is 0 Å². The maximum Gasteiger partial charge on any atom is 0.140 e. The van der Waals surface area contributed by atoms with Crippen LogP contribution in [0.2, 0.25) is 0 Å². The van der Waals surface area contributed by atoms with Crippen LogP contribution in [0.15, 0.2) is 22.7 Å². The molecule has 4 nitrogen and oxygen atoms in total. The molecule has 4 N–H and O–H groups in total. The summed E-state index contributed by atoms with van der Waals surface area (Å²) in [7, 11) is 0. The van der Waals surface area contributed by atoms with Crippen molar-refractivity contribution in [1.29, 1.82) is 0 Å². The van der Waals surface area contributed by atoms with Gasteiger partial charge in [-0.15, -0.1) is 11.3 Å². The molecular formula is C10H17N3OS. The molecule has 0 saturated heterocycles. The molecule has 0 aliphatic carbocycles. The van der Waals surface area contributed by atoms with Crippen LogP contribution < -0.4 is 11.1 Å². The average Bonchev–Trinajstić information content (AvgIpc) is 2.70. The van der Waals surface area contributed by atoms with E-state index >= 15 is 0 Å². The van der Waals surface area contributed by atoms with Gasteiger partial charge >= 0.3 is 0 Å². The summed E-state index contributed by atoms with van der Waals surface area (Å²) in [6, 6.07) is 4.62. The van der Waals surface area contributed by atoms with Gasteiger partial charge in [0.25, 0.3) is 0 Å². The van der Waals surface area contributed by atoms with E-state index in [1.54, 1.807) is 11.3 Å². The normalized spacial score (nSPS) is 16.3. The third kappa shape index (κ3) is 3.89. The van der Waals surface area contributed by atoms with Gasteiger partial charge in [0.15, 0.2) is 0 Å². The lowest BCUT2D eigenvalue weighted by molar-refractivity contribution is 0.315. The molecule has 15 heavy (non-hydrogen) atoms. The molecule has 1 aromatic rings. The fourth-order valence-electron chi connectivity index (χ4n) is 1.46. The number of oxime groups is 1. The number of nitrogens with one attached hydrogen (secondary N) is 1. The Morgan fingerprint density at radius 1 is 1.67 bits per heavy atom. The lowest BCUT2D eigenvalue weighted by atomic mass is 10.2. The molecule has 1 heterocycles. The van der Waals surface area contributed by atoms with Gasteiger partial charge in [-0.1, -0.05) is 11.2 Å². The summed E-state index contributed by atoms with van der Waals surface area (Å²) in [5.41, 5.74) is 5.43. The molecule has 0 saturated carbocycles. The highest BCUT2D eigenvalue weighted by molar-refractivity contribution is 7.10. The van der Waals surface area contributed by atoms with E-state index in [1.165, 1.54) is 4.88 Å². The minimum atomic E-state index is 0.193. The molecule has 2 atom stereocenters. The van der Waals surface area contributed by atoms with Gasteiger partial charge in [-0.25, -0.2) is 0 Å². The molecule has 2 unspecified atom stereocenters. The van der Waals surface area contributed by atoms with Crippen LogP contribution >= 0.6 is 11.3 Å². The van der Waals surface area contributed by atoms with E-state index in [0.717, 1.165) is 0 Å². The van der Waals surface area contributed by atoms with Crippen molar-refractivity contribution in [2.75, 3.05) is 0 Å². The van der Waals surface area contributed by atoms with Crippen molar-refractivity contribution < 1.29 is 5.21 Å². The Morgan fingerprint density at radius 3 is 2.93 bits per heavy atom. The lowest BCUT2D eigenvalue weighted by Gasteiger charge is -2.18. The van der Waals surface area contributed by atoms with Crippen LogP contribution in [0.4, 0.5) is 0 Å². The molecule has 1 aromatic heterocycles. The van der Waals surface area contributed by atoms with Crippen molar-refractivity contribution in [1.82, 2.24) is 5.32 Å². The molecule has 0 spiro atoms. The zero-order chi connectivity index (χ0) is 11.3. The van der Waals surface area contributed by atoms with E-state index in [1.807, 2.05) is 13.0 Å². The molecule has 0 radical (unpaired) electrons. The van der Waals surface area contributed by atoms with Gasteiger partial charge in [-0.3, -0.25) is 0 Å². The minimum Gasteiger partial charge on any atom is -0.409 e. The second-order valence-corrected chi connectivity index (χ2v) is 4.58. The van der Waals surface area contributed by atoms with Crippen molar-refractivity contribution in [3.63, 3.8) is 0 Å². The van der Waals surface area contributed by atoms with Crippen LogP contribution in [0.1, 0.15) is 31.2 Å². The first-order chi connectivity index (χ1) is 7.13. The molecule has 0 fully saturated rings. The van der Waals surface area contributed by atoms with Gasteiger partial charge in [-0.05, 0) is 25.3 Å². The topological polar surface area (TPSA) is 70.6 Å². The Balaban J connectivity index is 2.41. The van der Waals surface area contributed by atoms with Crippen molar-refractivity contribution in [2.24, 2.45) is 10.9 Å². The van der Waals surface area contributed by atoms with Crippen LogP contribution in [-0.2, 0) is 0 Å². The zero-order valence-corrected chi connectivity index (χ0v) is 9.79. The van der Waals surface area contributed by atoms with Gasteiger partial charge in [0.05, 0.1) is 0 Å². The first-order valence-corrected chi connectivity index (χ1v) is 5.77. The molecule has 1 rings (SSSR count). The molecule has 0 aliphatic heterocycles. The Morgan fingerprint density at radius 2 is 2.40 bits per heavy atom. The van der Waals surface area contributed by atoms with Gasteiger partial charge in [0.1, 0.15) is 5.84 Å². The number of nitrogens with zero attached hydrogens (tertiary/aromatic N) is 1. The Bertz CT molecular complexity index is 310. The summed E-state index contributed by atoms with van der Waals surface area (Å²) in [5, 5.41) is 16.8. The zero-order valence-electron chi connectivity index (χ0n) is 8.97. The van der Waals surface area contributed by atoms with Gasteiger partial charge in [0.2, 0.25) is 0 Å². The summed E-state index contributed by atoms with van der Waals surface area (Å²) in [5.74, 6) is 0.258. The summed E-state index contributed by atoms with van der Waals surface area (Å²) >= 11 is 1.72. The smallest absolute Gasteiger partial charge is 0.140 e. The average molecular weight is 227 g/mol. The Kier molecular flexibility index (Phi) is 4.58. The number of nitrogens with two attached hydrogens (primary N) is 1. The van der Waals surface area contributed by atoms with Crippen molar-refractivity contribution in [3.05, 3.63) is 22.4 Å². The SMILES string of the molecule is CC(CC(N)=NO)NC(C)c1cccs1. The second-order valence-electron chi connectivity index (χ2n) is 3.60. The number of rotatable bonds is 5. The largest absolute Gasteiger partial charge is 0.409 e. The van der Waals surface area contributed by atoms with Crippen molar-refractivity contribution in [2.45, 2.75) is 32.4 Å². The lowest BCUT2D eigenvalue weighted by Crippen LogP contribution is -2.32. The predicted molar refractivity (Wildman–Crippen MR) is 63.4 cm³/mol. The Hall–Kier alpha value is -1.07. The van der Waals surface area contributed by atoms with E-state index in [0.29, 0.717) is 12.5 Å². The van der Waals surface area contributed by atoms with Crippen LogP contribution in [0.3, 0.4) is 0 Å². The quantitative estimate of drug-likeness (QED) is 0.311. The van der Waals surface area contributed by atoms with E-state index in [2.05, 4.69) is 28.8 Å².